The molecule has 0 radical (unpaired) electrons. The van der Waals surface area contributed by atoms with Crippen LogP contribution in [0.2, 0.25) is 0 Å². The highest BCUT2D eigenvalue weighted by atomic mass is 32.2. The van der Waals surface area contributed by atoms with E-state index in [-0.39, 0.29) is 11.7 Å². The minimum atomic E-state index is -0.391. The fraction of sp³-hybridized carbons (Fsp3) is 0.0952. The number of para-hydroxylation sites is 1. The van der Waals surface area contributed by atoms with Crippen LogP contribution in [0.25, 0.3) is 5.69 Å². The molecule has 0 aliphatic heterocycles. The smallest absolute Gasteiger partial charge is 0.234 e. The maximum absolute atomic E-state index is 13.3. The summed E-state index contributed by atoms with van der Waals surface area (Å²) in [5.41, 5.74) is 1.37. The Balaban J connectivity index is 1.52. The monoisotopic (exact) mass is 424 g/mol. The standard InChI is InChI=1S/C21H17FN4OS2/c22-15-6-4-7-16(12-15)23-20(27)14-29-21-25-24-19(13-18-10-5-11-28-18)26(21)17-8-2-1-3-9-17/h1-12H,13-14H2,(H,23,27). The van der Waals surface area contributed by atoms with Crippen molar-refractivity contribution in [2.24, 2.45) is 0 Å². The zero-order chi connectivity index (χ0) is 20.1. The average molecular weight is 425 g/mol. The first-order valence-corrected chi connectivity index (χ1v) is 10.8. The molecule has 0 atom stereocenters. The lowest BCUT2D eigenvalue weighted by Gasteiger charge is -2.10. The molecular weight excluding hydrogens is 407 g/mol. The third kappa shape index (κ3) is 4.90. The lowest BCUT2D eigenvalue weighted by molar-refractivity contribution is -0.113. The molecule has 0 aliphatic rings. The third-order valence-electron chi connectivity index (χ3n) is 4.07. The van der Waals surface area contributed by atoms with E-state index in [1.54, 1.807) is 23.5 Å². The predicted octanol–water partition coefficient (Wildman–Crippen LogP) is 4.79. The van der Waals surface area contributed by atoms with Gasteiger partial charge in [-0.15, -0.1) is 21.5 Å². The van der Waals surface area contributed by atoms with Gasteiger partial charge in [-0.3, -0.25) is 9.36 Å². The van der Waals surface area contributed by atoms with E-state index >= 15 is 0 Å². The van der Waals surface area contributed by atoms with Crippen molar-refractivity contribution in [3.05, 3.63) is 88.6 Å². The van der Waals surface area contributed by atoms with Gasteiger partial charge in [0.25, 0.3) is 0 Å². The van der Waals surface area contributed by atoms with Crippen LogP contribution in [0.15, 0.2) is 77.3 Å². The Labute approximate surface area is 175 Å². The van der Waals surface area contributed by atoms with Crippen LogP contribution in [0.1, 0.15) is 10.7 Å². The van der Waals surface area contributed by atoms with Gasteiger partial charge in [-0.25, -0.2) is 4.39 Å². The molecule has 8 heteroatoms. The predicted molar refractivity (Wildman–Crippen MR) is 114 cm³/mol. The fourth-order valence-electron chi connectivity index (χ4n) is 2.81. The van der Waals surface area contributed by atoms with Crippen LogP contribution in [0.4, 0.5) is 10.1 Å². The Morgan fingerprint density at radius 1 is 1.07 bits per heavy atom. The number of thiophene rings is 1. The van der Waals surface area contributed by atoms with Gasteiger partial charge in [0.1, 0.15) is 11.6 Å². The molecule has 5 nitrogen and oxygen atoms in total. The van der Waals surface area contributed by atoms with Gasteiger partial charge in [0.15, 0.2) is 5.16 Å². The van der Waals surface area contributed by atoms with E-state index in [4.69, 9.17) is 0 Å². The summed E-state index contributed by atoms with van der Waals surface area (Å²) in [6, 6.07) is 19.7. The summed E-state index contributed by atoms with van der Waals surface area (Å²) < 4.78 is 15.3. The molecule has 2 aromatic carbocycles. The summed E-state index contributed by atoms with van der Waals surface area (Å²) in [5.74, 6) is 0.327. The van der Waals surface area contributed by atoms with E-state index < -0.39 is 5.82 Å². The number of nitrogens with one attached hydrogen (secondary N) is 1. The fourth-order valence-corrected chi connectivity index (χ4v) is 4.28. The normalized spacial score (nSPS) is 10.8. The van der Waals surface area contributed by atoms with Crippen molar-refractivity contribution in [2.45, 2.75) is 11.6 Å². The van der Waals surface area contributed by atoms with Crippen molar-refractivity contribution in [2.75, 3.05) is 11.1 Å². The average Bonchev–Trinajstić information content (AvgIpc) is 3.37. The van der Waals surface area contributed by atoms with E-state index in [1.807, 2.05) is 46.3 Å². The van der Waals surface area contributed by atoms with Crippen LogP contribution < -0.4 is 5.32 Å². The lowest BCUT2D eigenvalue weighted by atomic mass is 10.3. The number of benzene rings is 2. The number of nitrogens with zero attached hydrogens (tertiary/aromatic N) is 3. The summed E-state index contributed by atoms with van der Waals surface area (Å²) in [7, 11) is 0. The zero-order valence-corrected chi connectivity index (χ0v) is 16.9. The number of halogens is 1. The number of carbonyl (C=O) groups is 1. The topological polar surface area (TPSA) is 59.8 Å². The maximum Gasteiger partial charge on any atom is 0.234 e. The molecule has 2 aromatic heterocycles. The van der Waals surface area contributed by atoms with Crippen molar-refractivity contribution in [3.63, 3.8) is 0 Å². The number of hydrogen-bond acceptors (Lipinski definition) is 5. The molecule has 0 bridgehead atoms. The first-order chi connectivity index (χ1) is 14.2. The van der Waals surface area contributed by atoms with Crippen LogP contribution in [-0.2, 0) is 11.2 Å². The Kier molecular flexibility index (Phi) is 6.02. The van der Waals surface area contributed by atoms with E-state index in [0.717, 1.165) is 11.5 Å². The van der Waals surface area contributed by atoms with Crippen LogP contribution in [0.3, 0.4) is 0 Å². The molecule has 0 spiro atoms. The molecule has 0 saturated heterocycles. The van der Waals surface area contributed by atoms with E-state index in [1.165, 1.54) is 28.8 Å². The highest BCUT2D eigenvalue weighted by Gasteiger charge is 2.16. The Morgan fingerprint density at radius 2 is 1.93 bits per heavy atom. The highest BCUT2D eigenvalue weighted by Crippen LogP contribution is 2.24. The van der Waals surface area contributed by atoms with Gasteiger partial charge in [0, 0.05) is 22.7 Å². The first kappa shape index (κ1) is 19.4. The van der Waals surface area contributed by atoms with E-state index in [2.05, 4.69) is 21.6 Å². The molecule has 0 saturated carbocycles. The molecule has 4 aromatic rings. The highest BCUT2D eigenvalue weighted by molar-refractivity contribution is 7.99. The summed E-state index contributed by atoms with van der Waals surface area (Å²) in [4.78, 5) is 13.5. The second-order valence-electron chi connectivity index (χ2n) is 6.17. The molecule has 1 N–H and O–H groups in total. The van der Waals surface area contributed by atoms with Gasteiger partial charge in [-0.1, -0.05) is 42.1 Å². The van der Waals surface area contributed by atoms with Crippen molar-refractivity contribution < 1.29 is 9.18 Å². The largest absolute Gasteiger partial charge is 0.325 e. The Morgan fingerprint density at radius 3 is 2.69 bits per heavy atom. The summed E-state index contributed by atoms with van der Waals surface area (Å²) in [6.07, 6.45) is 0.662. The number of aromatic nitrogens is 3. The number of anilines is 1. The van der Waals surface area contributed by atoms with Gasteiger partial charge in [-0.2, -0.15) is 0 Å². The molecule has 1 amide bonds. The van der Waals surface area contributed by atoms with Gasteiger partial charge in [0.2, 0.25) is 5.91 Å². The van der Waals surface area contributed by atoms with Crippen molar-refractivity contribution in [3.8, 4) is 5.69 Å². The van der Waals surface area contributed by atoms with Crippen LogP contribution in [0, 0.1) is 5.82 Å². The second kappa shape index (κ2) is 9.02. The van der Waals surface area contributed by atoms with Gasteiger partial charge >= 0.3 is 0 Å². The molecule has 0 unspecified atom stereocenters. The zero-order valence-electron chi connectivity index (χ0n) is 15.3. The number of amides is 1. The van der Waals surface area contributed by atoms with Crippen LogP contribution >= 0.6 is 23.1 Å². The quantitative estimate of drug-likeness (QED) is 0.434. The summed E-state index contributed by atoms with van der Waals surface area (Å²) in [5, 5.41) is 14.0. The molecule has 4 rings (SSSR count). The lowest BCUT2D eigenvalue weighted by Crippen LogP contribution is -2.14. The molecule has 2 heterocycles. The van der Waals surface area contributed by atoms with Gasteiger partial charge < -0.3 is 5.32 Å². The van der Waals surface area contributed by atoms with Gasteiger partial charge in [0.05, 0.1) is 5.75 Å². The van der Waals surface area contributed by atoms with Crippen molar-refractivity contribution in [1.82, 2.24) is 14.8 Å². The molecule has 0 fully saturated rings. The minimum Gasteiger partial charge on any atom is -0.325 e. The van der Waals surface area contributed by atoms with E-state index in [9.17, 15) is 9.18 Å². The van der Waals surface area contributed by atoms with Crippen molar-refractivity contribution >= 4 is 34.7 Å². The van der Waals surface area contributed by atoms with Crippen LogP contribution in [-0.4, -0.2) is 26.4 Å². The molecule has 0 aliphatic carbocycles. The molecule has 146 valence electrons. The first-order valence-electron chi connectivity index (χ1n) is 8.89. The number of carbonyl (C=O) groups excluding carboxylic acids is 1. The summed E-state index contributed by atoms with van der Waals surface area (Å²) in [6.45, 7) is 0. The third-order valence-corrected chi connectivity index (χ3v) is 5.87. The second-order valence-corrected chi connectivity index (χ2v) is 8.15. The Bertz CT molecular complexity index is 1100. The number of rotatable bonds is 7. The summed E-state index contributed by atoms with van der Waals surface area (Å²) >= 11 is 2.96. The van der Waals surface area contributed by atoms with E-state index in [0.29, 0.717) is 17.3 Å². The molecular formula is C21H17FN4OS2. The number of thioether (sulfide) groups is 1. The minimum absolute atomic E-state index is 0.139. The Hall–Kier alpha value is -2.97. The van der Waals surface area contributed by atoms with Crippen LogP contribution in [0.5, 0.6) is 0 Å². The molecule has 29 heavy (non-hydrogen) atoms. The number of hydrogen-bond donors (Lipinski definition) is 1. The van der Waals surface area contributed by atoms with Gasteiger partial charge in [-0.05, 0) is 41.8 Å². The maximum atomic E-state index is 13.3. The van der Waals surface area contributed by atoms with Crippen molar-refractivity contribution in [1.29, 1.82) is 0 Å². The SMILES string of the molecule is O=C(CSc1nnc(Cc2cccs2)n1-c1ccccc1)Nc1cccc(F)c1.